The molecule has 8 aromatic carbocycles. The predicted octanol–water partition coefficient (Wildman–Crippen LogP) is 11.6. The van der Waals surface area contributed by atoms with E-state index in [1.807, 2.05) is 0 Å². The maximum Gasteiger partial charge on any atom is 0.0547 e. The molecule has 0 radical (unpaired) electrons. The van der Waals surface area contributed by atoms with Gasteiger partial charge in [-0.2, -0.15) is 0 Å². The summed E-state index contributed by atoms with van der Waals surface area (Å²) in [5, 5.41) is 10.3. The predicted molar refractivity (Wildman–Crippen MR) is 184 cm³/mol. The van der Waals surface area contributed by atoms with Gasteiger partial charge in [-0.05, 0) is 91.0 Å². The molecule has 0 bridgehead atoms. The highest BCUT2D eigenvalue weighted by Gasteiger charge is 2.17. The van der Waals surface area contributed by atoms with Gasteiger partial charge in [0.2, 0.25) is 0 Å². The van der Waals surface area contributed by atoms with Gasteiger partial charge in [0, 0.05) is 16.5 Å². The standard InChI is InChI=1S/C42H27N/c1-3-13-28(14-4-1)38-25-30(26-39-34-19-8-7-17-32(34)33-18-9-10-21-37(33)42(38)39)29-23-24-36-35-20-11-12-22-40(35)43(41(36)27-29)31-15-5-2-6-16-31/h1-27H. The summed E-state index contributed by atoms with van der Waals surface area (Å²) >= 11 is 0. The van der Waals surface area contributed by atoms with E-state index in [1.165, 1.54) is 82.1 Å². The second kappa shape index (κ2) is 9.44. The number of fused-ring (bicyclic) bond motifs is 9. The molecule has 200 valence electrons. The molecule has 0 atom stereocenters. The zero-order chi connectivity index (χ0) is 28.3. The minimum absolute atomic E-state index is 1.17. The van der Waals surface area contributed by atoms with Crippen LogP contribution in [0.15, 0.2) is 164 Å². The van der Waals surface area contributed by atoms with Crippen molar-refractivity contribution in [2.24, 2.45) is 0 Å². The Morgan fingerprint density at radius 2 is 0.860 bits per heavy atom. The first-order chi connectivity index (χ1) is 21.3. The molecule has 0 fully saturated rings. The van der Waals surface area contributed by atoms with Gasteiger partial charge in [-0.1, -0.05) is 127 Å². The first kappa shape index (κ1) is 24.0. The summed E-state index contributed by atoms with van der Waals surface area (Å²) in [6, 6.07) is 59.8. The monoisotopic (exact) mass is 545 g/mol. The van der Waals surface area contributed by atoms with Crippen LogP contribution >= 0.6 is 0 Å². The molecule has 43 heavy (non-hydrogen) atoms. The summed E-state index contributed by atoms with van der Waals surface area (Å²) in [6.45, 7) is 0. The highest BCUT2D eigenvalue weighted by molar-refractivity contribution is 6.29. The van der Waals surface area contributed by atoms with Crippen LogP contribution in [0.1, 0.15) is 0 Å². The van der Waals surface area contributed by atoms with Crippen molar-refractivity contribution in [2.75, 3.05) is 0 Å². The first-order valence-corrected chi connectivity index (χ1v) is 14.9. The summed E-state index contributed by atoms with van der Waals surface area (Å²) in [7, 11) is 0. The Labute approximate surface area is 249 Å². The van der Waals surface area contributed by atoms with Gasteiger partial charge >= 0.3 is 0 Å². The van der Waals surface area contributed by atoms with Crippen molar-refractivity contribution in [3.63, 3.8) is 0 Å². The van der Waals surface area contributed by atoms with Gasteiger partial charge < -0.3 is 4.57 Å². The zero-order valence-corrected chi connectivity index (χ0v) is 23.5. The topological polar surface area (TPSA) is 4.93 Å². The van der Waals surface area contributed by atoms with Crippen LogP contribution < -0.4 is 0 Å². The lowest BCUT2D eigenvalue weighted by atomic mass is 9.87. The molecular formula is C42H27N. The number of rotatable bonds is 3. The minimum atomic E-state index is 1.17. The molecule has 0 aliphatic rings. The van der Waals surface area contributed by atoms with Crippen LogP contribution in [-0.4, -0.2) is 4.57 Å². The molecular weight excluding hydrogens is 518 g/mol. The second-order valence-electron chi connectivity index (χ2n) is 11.3. The Kier molecular flexibility index (Phi) is 5.27. The van der Waals surface area contributed by atoms with Crippen LogP contribution in [0.4, 0.5) is 0 Å². The summed E-state index contributed by atoms with van der Waals surface area (Å²) in [5.74, 6) is 0. The first-order valence-electron chi connectivity index (χ1n) is 14.9. The molecule has 0 saturated carbocycles. The lowest BCUT2D eigenvalue weighted by Crippen LogP contribution is -1.93. The normalized spacial score (nSPS) is 11.7. The van der Waals surface area contributed by atoms with E-state index in [9.17, 15) is 0 Å². The Morgan fingerprint density at radius 3 is 1.60 bits per heavy atom. The number of hydrogen-bond acceptors (Lipinski definition) is 0. The summed E-state index contributed by atoms with van der Waals surface area (Å²) in [6.07, 6.45) is 0. The fourth-order valence-corrected chi connectivity index (χ4v) is 7.05. The van der Waals surface area contributed by atoms with Crippen LogP contribution in [0.2, 0.25) is 0 Å². The highest BCUT2D eigenvalue weighted by atomic mass is 15.0. The number of nitrogens with zero attached hydrogens (tertiary/aromatic N) is 1. The largest absolute Gasteiger partial charge is 0.309 e. The zero-order valence-electron chi connectivity index (χ0n) is 23.5. The summed E-state index contributed by atoms with van der Waals surface area (Å²) < 4.78 is 2.40. The van der Waals surface area contributed by atoms with Crippen molar-refractivity contribution >= 4 is 54.1 Å². The molecule has 0 N–H and O–H groups in total. The summed E-state index contributed by atoms with van der Waals surface area (Å²) in [5.41, 5.74) is 8.54. The third-order valence-electron chi connectivity index (χ3n) is 8.95. The fourth-order valence-electron chi connectivity index (χ4n) is 7.05. The molecule has 0 amide bonds. The molecule has 0 aliphatic heterocycles. The second-order valence-corrected chi connectivity index (χ2v) is 11.3. The lowest BCUT2D eigenvalue weighted by Gasteiger charge is -2.17. The van der Waals surface area contributed by atoms with E-state index >= 15 is 0 Å². The van der Waals surface area contributed by atoms with Gasteiger partial charge in [-0.3, -0.25) is 0 Å². The average molecular weight is 546 g/mol. The number of para-hydroxylation sites is 2. The van der Waals surface area contributed by atoms with Gasteiger partial charge in [0.1, 0.15) is 0 Å². The maximum atomic E-state index is 2.41. The lowest BCUT2D eigenvalue weighted by molar-refractivity contribution is 1.18. The fraction of sp³-hybridized carbons (Fsp3) is 0. The van der Waals surface area contributed by atoms with Crippen LogP contribution in [-0.2, 0) is 0 Å². The molecule has 1 aromatic heterocycles. The molecule has 0 aliphatic carbocycles. The van der Waals surface area contributed by atoms with Gasteiger partial charge in [0.25, 0.3) is 0 Å². The van der Waals surface area contributed by atoms with Crippen molar-refractivity contribution in [1.29, 1.82) is 0 Å². The Balaban J connectivity index is 1.41. The quantitative estimate of drug-likeness (QED) is 0.195. The molecule has 1 nitrogen and oxygen atoms in total. The van der Waals surface area contributed by atoms with E-state index in [2.05, 4.69) is 168 Å². The number of benzene rings is 8. The third kappa shape index (κ3) is 3.65. The van der Waals surface area contributed by atoms with Crippen LogP contribution in [0, 0.1) is 0 Å². The molecule has 9 rings (SSSR count). The van der Waals surface area contributed by atoms with E-state index < -0.39 is 0 Å². The average Bonchev–Trinajstić information content (AvgIpc) is 3.42. The van der Waals surface area contributed by atoms with Crippen molar-refractivity contribution in [2.45, 2.75) is 0 Å². The van der Waals surface area contributed by atoms with Crippen LogP contribution in [0.3, 0.4) is 0 Å². The number of aromatic nitrogens is 1. The van der Waals surface area contributed by atoms with Gasteiger partial charge in [0.15, 0.2) is 0 Å². The van der Waals surface area contributed by atoms with Crippen molar-refractivity contribution in [1.82, 2.24) is 4.57 Å². The maximum absolute atomic E-state index is 2.41. The van der Waals surface area contributed by atoms with Crippen molar-refractivity contribution < 1.29 is 0 Å². The molecule has 1 heterocycles. The minimum Gasteiger partial charge on any atom is -0.309 e. The van der Waals surface area contributed by atoms with E-state index in [1.54, 1.807) is 0 Å². The third-order valence-corrected chi connectivity index (χ3v) is 8.95. The Morgan fingerprint density at radius 1 is 0.302 bits per heavy atom. The van der Waals surface area contributed by atoms with Gasteiger partial charge in [-0.25, -0.2) is 0 Å². The smallest absolute Gasteiger partial charge is 0.0547 e. The molecule has 1 heteroatoms. The molecule has 9 aromatic rings. The Bertz CT molecular complexity index is 2480. The van der Waals surface area contributed by atoms with Crippen LogP contribution in [0.25, 0.3) is 82.1 Å². The molecule has 0 unspecified atom stereocenters. The SMILES string of the molecule is c1ccc(-c2cc(-c3ccc4c5ccccc5n(-c5ccccc5)c4c3)cc3c4ccccc4c4ccccc4c23)cc1. The van der Waals surface area contributed by atoms with E-state index in [4.69, 9.17) is 0 Å². The van der Waals surface area contributed by atoms with Crippen molar-refractivity contribution in [3.8, 4) is 27.9 Å². The van der Waals surface area contributed by atoms with E-state index in [0.717, 1.165) is 0 Å². The van der Waals surface area contributed by atoms with Crippen molar-refractivity contribution in [3.05, 3.63) is 164 Å². The molecule has 0 saturated heterocycles. The summed E-state index contributed by atoms with van der Waals surface area (Å²) in [4.78, 5) is 0. The number of hydrogen-bond donors (Lipinski definition) is 0. The molecule has 0 spiro atoms. The van der Waals surface area contributed by atoms with E-state index in [-0.39, 0.29) is 0 Å². The van der Waals surface area contributed by atoms with Gasteiger partial charge in [0.05, 0.1) is 11.0 Å². The van der Waals surface area contributed by atoms with E-state index in [0.29, 0.717) is 0 Å². The Hall–Kier alpha value is -5.66. The van der Waals surface area contributed by atoms with Gasteiger partial charge in [-0.15, -0.1) is 0 Å². The highest BCUT2D eigenvalue weighted by Crippen LogP contribution is 2.43. The van der Waals surface area contributed by atoms with Crippen LogP contribution in [0.5, 0.6) is 0 Å².